The molecule has 0 spiro atoms. The fraction of sp³-hybridized carbons (Fsp3) is 0.188. The lowest BCUT2D eigenvalue weighted by molar-refractivity contribution is 0.806. The fourth-order valence-corrected chi connectivity index (χ4v) is 2.14. The van der Waals surface area contributed by atoms with Gasteiger partial charge in [0.15, 0.2) is 0 Å². The molecule has 0 saturated heterocycles. The molecule has 1 atom stereocenters. The lowest BCUT2D eigenvalue weighted by Crippen LogP contribution is -2.10. The van der Waals surface area contributed by atoms with Gasteiger partial charge in [0.2, 0.25) is 0 Å². The van der Waals surface area contributed by atoms with Crippen LogP contribution in [-0.2, 0) is 0 Å². The molecule has 0 bridgehead atoms. The smallest absolute Gasteiger partial charge is 0.0647 e. The molecule has 0 heterocycles. The Morgan fingerprint density at radius 1 is 1.21 bits per heavy atom. The van der Waals surface area contributed by atoms with E-state index in [2.05, 4.69) is 11.4 Å². The zero-order valence-electron chi connectivity index (χ0n) is 10.7. The molecule has 0 aliphatic rings. The Morgan fingerprint density at radius 3 is 2.63 bits per heavy atom. The van der Waals surface area contributed by atoms with E-state index in [0.717, 1.165) is 16.8 Å². The average Bonchev–Trinajstić information content (AvgIpc) is 2.43. The predicted octanol–water partition coefficient (Wildman–Crippen LogP) is 4.72. The first-order valence-corrected chi connectivity index (χ1v) is 6.53. The Balaban J connectivity index is 2.27. The number of hydrogen-bond acceptors (Lipinski definition) is 2. The monoisotopic (exact) mass is 270 g/mol. The maximum absolute atomic E-state index is 8.98. The van der Waals surface area contributed by atoms with Crippen molar-refractivity contribution in [3.8, 4) is 6.07 Å². The fourth-order valence-electron chi connectivity index (χ4n) is 1.97. The predicted molar refractivity (Wildman–Crippen MR) is 79.2 cm³/mol. The molecule has 0 aliphatic carbocycles. The molecule has 19 heavy (non-hydrogen) atoms. The van der Waals surface area contributed by atoms with Crippen molar-refractivity contribution in [2.75, 3.05) is 5.32 Å². The quantitative estimate of drug-likeness (QED) is 0.873. The second-order valence-electron chi connectivity index (χ2n) is 4.45. The van der Waals surface area contributed by atoms with Gasteiger partial charge in [-0.25, -0.2) is 0 Å². The van der Waals surface area contributed by atoms with Gasteiger partial charge in [0, 0.05) is 0 Å². The van der Waals surface area contributed by atoms with Crippen LogP contribution < -0.4 is 5.32 Å². The van der Waals surface area contributed by atoms with Crippen LogP contribution in [0.4, 0.5) is 5.69 Å². The lowest BCUT2D eigenvalue weighted by atomic mass is 10.0. The molecule has 2 nitrogen and oxygen atoms in total. The SMILES string of the molecule is Cc1ccc(Cl)c(NC(CC#N)c2ccccc2)c1. The zero-order chi connectivity index (χ0) is 13.7. The highest BCUT2D eigenvalue weighted by molar-refractivity contribution is 6.33. The summed E-state index contributed by atoms with van der Waals surface area (Å²) in [6, 6.07) is 17.9. The van der Waals surface area contributed by atoms with Gasteiger partial charge >= 0.3 is 0 Å². The highest BCUT2D eigenvalue weighted by Gasteiger charge is 2.12. The van der Waals surface area contributed by atoms with Gasteiger partial charge in [0.25, 0.3) is 0 Å². The van der Waals surface area contributed by atoms with Crippen molar-refractivity contribution < 1.29 is 0 Å². The molecule has 1 N–H and O–H groups in total. The Labute approximate surface area is 118 Å². The van der Waals surface area contributed by atoms with Gasteiger partial charge in [-0.05, 0) is 30.2 Å². The minimum Gasteiger partial charge on any atom is -0.376 e. The molecular formula is C16H15ClN2. The van der Waals surface area contributed by atoms with Crippen LogP contribution in [0.2, 0.25) is 5.02 Å². The number of nitriles is 1. The molecule has 2 rings (SSSR count). The summed E-state index contributed by atoms with van der Waals surface area (Å²) >= 11 is 6.18. The number of halogens is 1. The first-order chi connectivity index (χ1) is 9.20. The number of nitrogens with one attached hydrogen (secondary N) is 1. The van der Waals surface area contributed by atoms with Crippen molar-refractivity contribution in [2.45, 2.75) is 19.4 Å². The Kier molecular flexibility index (Phi) is 4.43. The molecule has 0 fully saturated rings. The minimum atomic E-state index is -0.0505. The summed E-state index contributed by atoms with van der Waals surface area (Å²) in [6.45, 7) is 2.02. The van der Waals surface area contributed by atoms with Gasteiger partial charge in [-0.2, -0.15) is 5.26 Å². The van der Waals surface area contributed by atoms with E-state index in [1.54, 1.807) is 0 Å². The van der Waals surface area contributed by atoms with Gasteiger partial charge < -0.3 is 5.32 Å². The van der Waals surface area contributed by atoms with Crippen LogP contribution >= 0.6 is 11.6 Å². The van der Waals surface area contributed by atoms with E-state index in [1.165, 1.54) is 0 Å². The van der Waals surface area contributed by atoms with E-state index in [0.29, 0.717) is 11.4 Å². The van der Waals surface area contributed by atoms with Gasteiger partial charge in [0.05, 0.1) is 29.2 Å². The van der Waals surface area contributed by atoms with E-state index in [1.807, 2.05) is 55.5 Å². The molecular weight excluding hydrogens is 256 g/mol. The lowest BCUT2D eigenvalue weighted by Gasteiger charge is -2.19. The van der Waals surface area contributed by atoms with Gasteiger partial charge in [-0.3, -0.25) is 0 Å². The number of nitrogens with zero attached hydrogens (tertiary/aromatic N) is 1. The molecule has 0 amide bonds. The van der Waals surface area contributed by atoms with E-state index < -0.39 is 0 Å². The van der Waals surface area contributed by atoms with Crippen LogP contribution in [-0.4, -0.2) is 0 Å². The maximum atomic E-state index is 8.98. The summed E-state index contributed by atoms with van der Waals surface area (Å²) in [4.78, 5) is 0. The van der Waals surface area contributed by atoms with Gasteiger partial charge in [-0.1, -0.05) is 48.0 Å². The second-order valence-corrected chi connectivity index (χ2v) is 4.86. The second kappa shape index (κ2) is 6.26. The van der Waals surface area contributed by atoms with Crippen molar-refractivity contribution in [1.82, 2.24) is 0 Å². The summed E-state index contributed by atoms with van der Waals surface area (Å²) in [5, 5.41) is 13.0. The molecule has 96 valence electrons. The van der Waals surface area contributed by atoms with Crippen LogP contribution in [0.15, 0.2) is 48.5 Å². The number of hydrogen-bond donors (Lipinski definition) is 1. The van der Waals surface area contributed by atoms with E-state index in [-0.39, 0.29) is 6.04 Å². The molecule has 0 radical (unpaired) electrons. The molecule has 1 unspecified atom stereocenters. The molecule has 0 aromatic heterocycles. The highest BCUT2D eigenvalue weighted by atomic mass is 35.5. The van der Waals surface area contributed by atoms with Crippen LogP contribution in [0.25, 0.3) is 0 Å². The first-order valence-electron chi connectivity index (χ1n) is 6.15. The third-order valence-electron chi connectivity index (χ3n) is 2.95. The van der Waals surface area contributed by atoms with Crippen LogP contribution in [0, 0.1) is 18.3 Å². The maximum Gasteiger partial charge on any atom is 0.0647 e. The molecule has 3 heteroatoms. The summed E-state index contributed by atoms with van der Waals surface area (Å²) < 4.78 is 0. The topological polar surface area (TPSA) is 35.8 Å². The highest BCUT2D eigenvalue weighted by Crippen LogP contribution is 2.28. The third-order valence-corrected chi connectivity index (χ3v) is 3.28. The molecule has 2 aromatic rings. The van der Waals surface area contributed by atoms with Crippen molar-refractivity contribution in [2.24, 2.45) is 0 Å². The van der Waals surface area contributed by atoms with E-state index in [4.69, 9.17) is 16.9 Å². The van der Waals surface area contributed by atoms with Crippen molar-refractivity contribution >= 4 is 17.3 Å². The van der Waals surface area contributed by atoms with E-state index >= 15 is 0 Å². The minimum absolute atomic E-state index is 0.0505. The standard InChI is InChI=1S/C16H15ClN2/c1-12-7-8-14(17)16(11-12)19-15(9-10-18)13-5-3-2-4-6-13/h2-8,11,15,19H,9H2,1H3. The van der Waals surface area contributed by atoms with Crippen LogP contribution in [0.5, 0.6) is 0 Å². The Hall–Kier alpha value is -1.98. The Bertz CT molecular complexity index is 587. The zero-order valence-corrected chi connectivity index (χ0v) is 11.5. The van der Waals surface area contributed by atoms with Crippen LogP contribution in [0.1, 0.15) is 23.6 Å². The molecule has 0 aliphatic heterocycles. The number of benzene rings is 2. The Morgan fingerprint density at radius 2 is 1.95 bits per heavy atom. The first kappa shape index (κ1) is 13.5. The normalized spacial score (nSPS) is 11.6. The largest absolute Gasteiger partial charge is 0.376 e. The average molecular weight is 271 g/mol. The van der Waals surface area contributed by atoms with E-state index in [9.17, 15) is 0 Å². The third kappa shape index (κ3) is 3.49. The molecule has 2 aromatic carbocycles. The van der Waals surface area contributed by atoms with Crippen LogP contribution in [0.3, 0.4) is 0 Å². The number of aryl methyl sites for hydroxylation is 1. The summed E-state index contributed by atoms with van der Waals surface area (Å²) in [6.07, 6.45) is 0.397. The number of anilines is 1. The van der Waals surface area contributed by atoms with Gasteiger partial charge in [-0.15, -0.1) is 0 Å². The van der Waals surface area contributed by atoms with Crippen molar-refractivity contribution in [3.63, 3.8) is 0 Å². The summed E-state index contributed by atoms with van der Waals surface area (Å²) in [5.74, 6) is 0. The number of rotatable bonds is 4. The van der Waals surface area contributed by atoms with Crippen molar-refractivity contribution in [1.29, 1.82) is 5.26 Å². The molecule has 0 saturated carbocycles. The van der Waals surface area contributed by atoms with Gasteiger partial charge in [0.1, 0.15) is 0 Å². The summed E-state index contributed by atoms with van der Waals surface area (Å²) in [5.41, 5.74) is 3.09. The summed E-state index contributed by atoms with van der Waals surface area (Å²) in [7, 11) is 0. The van der Waals surface area contributed by atoms with Crippen molar-refractivity contribution in [3.05, 3.63) is 64.7 Å².